The molecule has 5 fully saturated rings. The Labute approximate surface area is 149 Å². The summed E-state index contributed by atoms with van der Waals surface area (Å²) < 4.78 is 0. The molecule has 2 amide bonds. The molecule has 134 valence electrons. The maximum Gasteiger partial charge on any atom is 0.240 e. The second kappa shape index (κ2) is 6.19. The van der Waals surface area contributed by atoms with Crippen molar-refractivity contribution in [2.24, 2.45) is 23.2 Å². The Morgan fingerprint density at radius 2 is 1.42 bits per heavy atom. The van der Waals surface area contributed by atoms with E-state index in [4.69, 9.17) is 11.6 Å². The summed E-state index contributed by atoms with van der Waals surface area (Å²) in [5, 5.41) is -0.473. The number of hydrogen-bond acceptors (Lipinski definition) is 2. The van der Waals surface area contributed by atoms with Gasteiger partial charge in [-0.1, -0.05) is 0 Å². The number of hydrogen-bond donors (Lipinski definition) is 0. The van der Waals surface area contributed by atoms with Crippen LogP contribution in [0.25, 0.3) is 0 Å². The molecule has 4 saturated carbocycles. The van der Waals surface area contributed by atoms with Gasteiger partial charge in [-0.2, -0.15) is 0 Å². The van der Waals surface area contributed by atoms with Crippen LogP contribution in [0.4, 0.5) is 0 Å². The van der Waals surface area contributed by atoms with Gasteiger partial charge in [-0.15, -0.1) is 11.6 Å². The monoisotopic (exact) mass is 352 g/mol. The van der Waals surface area contributed by atoms with Gasteiger partial charge in [0.2, 0.25) is 11.8 Å². The molecule has 5 rings (SSSR count). The van der Waals surface area contributed by atoms with Crippen LogP contribution in [0, 0.1) is 23.2 Å². The van der Waals surface area contributed by atoms with Crippen molar-refractivity contribution >= 4 is 23.4 Å². The van der Waals surface area contributed by atoms with E-state index in [1.165, 1.54) is 38.5 Å². The highest BCUT2D eigenvalue weighted by Gasteiger charge is 2.51. The molecule has 0 aromatic heterocycles. The Kier molecular flexibility index (Phi) is 4.30. The van der Waals surface area contributed by atoms with Gasteiger partial charge in [-0.25, -0.2) is 0 Å². The average Bonchev–Trinajstić information content (AvgIpc) is 2.52. The van der Waals surface area contributed by atoms with Crippen molar-refractivity contribution in [3.63, 3.8) is 0 Å². The number of nitrogens with zero attached hydrogens (tertiary/aromatic N) is 2. The lowest BCUT2D eigenvalue weighted by Crippen LogP contribution is -2.54. The van der Waals surface area contributed by atoms with E-state index in [0.29, 0.717) is 37.5 Å². The fraction of sp³-hybridized carbons (Fsp3) is 0.895. The molecule has 5 heteroatoms. The lowest BCUT2D eigenvalue weighted by Gasteiger charge is -2.57. The Bertz CT molecular complexity index is 490. The summed E-state index contributed by atoms with van der Waals surface area (Å²) in [4.78, 5) is 28.6. The molecular weight excluding hydrogens is 324 g/mol. The van der Waals surface area contributed by atoms with Gasteiger partial charge in [0, 0.05) is 32.6 Å². The van der Waals surface area contributed by atoms with Gasteiger partial charge in [0.05, 0.1) is 0 Å². The quantitative estimate of drug-likeness (QED) is 0.733. The topological polar surface area (TPSA) is 40.6 Å². The van der Waals surface area contributed by atoms with Crippen LogP contribution in [0.5, 0.6) is 0 Å². The Morgan fingerprint density at radius 3 is 1.88 bits per heavy atom. The van der Waals surface area contributed by atoms with Crippen LogP contribution in [0.15, 0.2) is 0 Å². The lowest BCUT2D eigenvalue weighted by molar-refractivity contribution is -0.144. The summed E-state index contributed by atoms with van der Waals surface area (Å²) in [6.45, 7) is 4.31. The molecule has 4 aliphatic carbocycles. The number of alkyl halides is 1. The highest BCUT2D eigenvalue weighted by Crippen LogP contribution is 2.61. The van der Waals surface area contributed by atoms with E-state index >= 15 is 0 Å². The SMILES string of the molecule is CC(Cl)C(=O)N1CCN(C(=O)CC23CC4CC(CC(C4)C2)C3)CC1. The standard InChI is InChI=1S/C19H29ClN2O2/c1-13(20)18(24)22-4-2-21(3-5-22)17(23)12-19-9-14-6-15(10-19)8-16(7-14)11-19/h13-16H,2-12H2,1H3. The number of piperazine rings is 1. The van der Waals surface area contributed by atoms with Crippen LogP contribution in [-0.4, -0.2) is 53.2 Å². The summed E-state index contributed by atoms with van der Waals surface area (Å²) in [7, 11) is 0. The molecule has 24 heavy (non-hydrogen) atoms. The minimum absolute atomic E-state index is 0.00940. The van der Waals surface area contributed by atoms with Gasteiger partial charge in [-0.3, -0.25) is 9.59 Å². The van der Waals surface area contributed by atoms with E-state index in [-0.39, 0.29) is 5.91 Å². The van der Waals surface area contributed by atoms with Crippen LogP contribution in [-0.2, 0) is 9.59 Å². The van der Waals surface area contributed by atoms with Gasteiger partial charge in [-0.05, 0) is 68.6 Å². The van der Waals surface area contributed by atoms with Crippen molar-refractivity contribution in [2.75, 3.05) is 26.2 Å². The second-order valence-corrected chi connectivity index (χ2v) is 9.57. The molecule has 4 nitrogen and oxygen atoms in total. The van der Waals surface area contributed by atoms with Gasteiger partial charge in [0.1, 0.15) is 5.38 Å². The van der Waals surface area contributed by atoms with Crippen LogP contribution in [0.2, 0.25) is 0 Å². The Morgan fingerprint density at radius 1 is 0.958 bits per heavy atom. The molecular formula is C19H29ClN2O2. The Balaban J connectivity index is 1.34. The first-order chi connectivity index (χ1) is 11.4. The first-order valence-electron chi connectivity index (χ1n) is 9.65. The summed E-state index contributed by atoms with van der Waals surface area (Å²) >= 11 is 5.89. The van der Waals surface area contributed by atoms with E-state index in [1.807, 2.05) is 4.90 Å². The summed E-state index contributed by atoms with van der Waals surface area (Å²) in [5.74, 6) is 2.99. The van der Waals surface area contributed by atoms with Crippen molar-refractivity contribution in [1.29, 1.82) is 0 Å². The van der Waals surface area contributed by atoms with E-state index in [1.54, 1.807) is 11.8 Å². The van der Waals surface area contributed by atoms with Crippen molar-refractivity contribution in [1.82, 2.24) is 9.80 Å². The zero-order valence-electron chi connectivity index (χ0n) is 14.7. The van der Waals surface area contributed by atoms with E-state index in [0.717, 1.165) is 24.2 Å². The van der Waals surface area contributed by atoms with Gasteiger partial charge in [0.15, 0.2) is 0 Å². The lowest BCUT2D eigenvalue weighted by atomic mass is 9.49. The molecule has 0 N–H and O–H groups in total. The number of carbonyl (C=O) groups excluding carboxylic acids is 2. The van der Waals surface area contributed by atoms with Crippen LogP contribution in [0.3, 0.4) is 0 Å². The molecule has 0 aromatic carbocycles. The fourth-order valence-corrected chi connectivity index (χ4v) is 6.50. The van der Waals surface area contributed by atoms with Gasteiger partial charge >= 0.3 is 0 Å². The third-order valence-electron chi connectivity index (χ3n) is 6.98. The third-order valence-corrected chi connectivity index (χ3v) is 7.16. The molecule has 5 aliphatic rings. The molecule has 1 aliphatic heterocycles. The normalized spacial score (nSPS) is 39.2. The predicted octanol–water partition coefficient (Wildman–Crippen LogP) is 2.89. The highest BCUT2D eigenvalue weighted by molar-refractivity contribution is 6.30. The zero-order chi connectivity index (χ0) is 16.9. The Hall–Kier alpha value is -0.770. The largest absolute Gasteiger partial charge is 0.339 e. The van der Waals surface area contributed by atoms with E-state index < -0.39 is 5.38 Å². The smallest absolute Gasteiger partial charge is 0.240 e. The maximum atomic E-state index is 12.9. The molecule has 4 bridgehead atoms. The number of carbonyl (C=O) groups is 2. The van der Waals surface area contributed by atoms with E-state index in [9.17, 15) is 9.59 Å². The number of halogens is 1. The molecule has 1 saturated heterocycles. The zero-order valence-corrected chi connectivity index (χ0v) is 15.4. The van der Waals surface area contributed by atoms with Crippen LogP contribution >= 0.6 is 11.6 Å². The van der Waals surface area contributed by atoms with Gasteiger partial charge < -0.3 is 9.80 Å². The second-order valence-electron chi connectivity index (χ2n) is 8.92. The molecule has 0 spiro atoms. The molecule has 1 atom stereocenters. The fourth-order valence-electron chi connectivity index (χ4n) is 6.37. The molecule has 1 heterocycles. The first kappa shape index (κ1) is 16.7. The highest BCUT2D eigenvalue weighted by atomic mass is 35.5. The number of amides is 2. The summed E-state index contributed by atoms with van der Waals surface area (Å²) in [5.41, 5.74) is 0.309. The minimum Gasteiger partial charge on any atom is -0.339 e. The van der Waals surface area contributed by atoms with E-state index in [2.05, 4.69) is 0 Å². The minimum atomic E-state index is -0.473. The summed E-state index contributed by atoms with van der Waals surface area (Å²) in [6.07, 6.45) is 8.86. The van der Waals surface area contributed by atoms with Crippen molar-refractivity contribution in [2.45, 2.75) is 57.2 Å². The third kappa shape index (κ3) is 3.07. The molecule has 0 aromatic rings. The average molecular weight is 353 g/mol. The molecule has 1 unspecified atom stereocenters. The maximum absolute atomic E-state index is 12.9. The van der Waals surface area contributed by atoms with Gasteiger partial charge in [0.25, 0.3) is 0 Å². The van der Waals surface area contributed by atoms with Crippen LogP contribution < -0.4 is 0 Å². The van der Waals surface area contributed by atoms with Crippen molar-refractivity contribution in [3.05, 3.63) is 0 Å². The first-order valence-corrected chi connectivity index (χ1v) is 10.1. The van der Waals surface area contributed by atoms with Crippen molar-refractivity contribution in [3.8, 4) is 0 Å². The van der Waals surface area contributed by atoms with Crippen LogP contribution in [0.1, 0.15) is 51.9 Å². The van der Waals surface area contributed by atoms with Crippen molar-refractivity contribution < 1.29 is 9.59 Å². The summed E-state index contributed by atoms with van der Waals surface area (Å²) in [6, 6.07) is 0. The predicted molar refractivity (Wildman–Crippen MR) is 93.7 cm³/mol. The molecule has 0 radical (unpaired) electrons. The number of rotatable bonds is 3.